The quantitative estimate of drug-likeness (QED) is 0.784. The summed E-state index contributed by atoms with van der Waals surface area (Å²) in [5.74, 6) is -1.16. The third kappa shape index (κ3) is 2.65. The maximum Gasteiger partial charge on any atom is 0.269 e. The van der Waals surface area contributed by atoms with E-state index in [4.69, 9.17) is 4.55 Å². The van der Waals surface area contributed by atoms with Crippen molar-refractivity contribution in [2.45, 2.75) is 5.75 Å². The summed E-state index contributed by atoms with van der Waals surface area (Å²) < 4.78 is 42.8. The van der Waals surface area contributed by atoms with Crippen LogP contribution in [0.4, 0.5) is 4.39 Å². The van der Waals surface area contributed by atoms with Crippen molar-refractivity contribution in [3.63, 3.8) is 0 Å². The normalized spacial score (nSPS) is 11.3. The van der Waals surface area contributed by atoms with Crippen LogP contribution in [0.3, 0.4) is 0 Å². The van der Waals surface area contributed by atoms with Crippen molar-refractivity contribution in [3.05, 3.63) is 41.7 Å². The highest BCUT2D eigenvalue weighted by Gasteiger charge is 2.11. The van der Waals surface area contributed by atoms with Crippen LogP contribution in [-0.2, 0) is 15.9 Å². The Bertz CT molecular complexity index is 451. The fraction of sp³-hybridized carbons (Fsp3) is 0.111. The summed E-state index contributed by atoms with van der Waals surface area (Å²) in [6.07, 6.45) is 1.22. The minimum atomic E-state index is -4.14. The van der Waals surface area contributed by atoms with Gasteiger partial charge in [-0.3, -0.25) is 4.55 Å². The lowest BCUT2D eigenvalue weighted by Crippen LogP contribution is -2.04. The van der Waals surface area contributed by atoms with E-state index in [1.165, 1.54) is 24.3 Å². The van der Waals surface area contributed by atoms with Gasteiger partial charge in [-0.2, -0.15) is 8.42 Å². The van der Waals surface area contributed by atoms with Gasteiger partial charge in [-0.1, -0.05) is 24.8 Å². The number of hydrogen-bond acceptors (Lipinski definition) is 2. The Morgan fingerprint density at radius 3 is 2.64 bits per heavy atom. The van der Waals surface area contributed by atoms with Crippen molar-refractivity contribution in [2.75, 3.05) is 0 Å². The maximum atomic E-state index is 13.1. The van der Waals surface area contributed by atoms with E-state index in [-0.39, 0.29) is 11.1 Å². The first-order valence-corrected chi connectivity index (χ1v) is 5.40. The van der Waals surface area contributed by atoms with Crippen LogP contribution in [0.15, 0.2) is 24.8 Å². The average Bonchev–Trinajstić information content (AvgIpc) is 2.01. The van der Waals surface area contributed by atoms with E-state index in [1.807, 2.05) is 0 Å². The third-order valence-corrected chi connectivity index (χ3v) is 2.36. The van der Waals surface area contributed by atoms with Crippen LogP contribution in [0.5, 0.6) is 0 Å². The summed E-state index contributed by atoms with van der Waals surface area (Å²) in [5, 5.41) is 0. The van der Waals surface area contributed by atoms with E-state index in [2.05, 4.69) is 6.58 Å². The molecule has 1 aromatic carbocycles. The Kier molecular flexibility index (Phi) is 3.03. The van der Waals surface area contributed by atoms with E-state index in [1.54, 1.807) is 0 Å². The summed E-state index contributed by atoms with van der Waals surface area (Å²) in [7, 11) is -4.14. The van der Waals surface area contributed by atoms with Crippen molar-refractivity contribution < 1.29 is 17.4 Å². The smallest absolute Gasteiger partial charge is 0.269 e. The number of hydrogen-bond donors (Lipinski definition) is 1. The number of halogens is 1. The predicted molar refractivity (Wildman–Crippen MR) is 51.7 cm³/mol. The Labute approximate surface area is 81.6 Å². The van der Waals surface area contributed by atoms with Crippen LogP contribution in [-0.4, -0.2) is 13.0 Å². The zero-order valence-corrected chi connectivity index (χ0v) is 8.09. The molecule has 3 nitrogen and oxygen atoms in total. The van der Waals surface area contributed by atoms with Gasteiger partial charge in [0.25, 0.3) is 10.1 Å². The van der Waals surface area contributed by atoms with Gasteiger partial charge in [-0.05, 0) is 11.6 Å². The summed E-state index contributed by atoms with van der Waals surface area (Å²) in [6, 6.07) is 4.00. The molecule has 0 bridgehead atoms. The van der Waals surface area contributed by atoms with Gasteiger partial charge in [-0.15, -0.1) is 0 Å². The number of rotatable bonds is 3. The first-order valence-electron chi connectivity index (χ1n) is 3.79. The predicted octanol–water partition coefficient (Wildman–Crippen LogP) is 1.86. The molecule has 1 N–H and O–H groups in total. The summed E-state index contributed by atoms with van der Waals surface area (Å²) in [5.41, 5.74) is 0.299. The molecule has 1 rings (SSSR count). The molecule has 0 heterocycles. The van der Waals surface area contributed by atoms with Gasteiger partial charge in [-0.25, -0.2) is 4.39 Å². The Hall–Kier alpha value is -1.20. The van der Waals surface area contributed by atoms with Gasteiger partial charge < -0.3 is 0 Å². The van der Waals surface area contributed by atoms with Crippen LogP contribution in [0.2, 0.25) is 0 Å². The Balaban J connectivity index is 3.21. The summed E-state index contributed by atoms with van der Waals surface area (Å²) >= 11 is 0. The van der Waals surface area contributed by atoms with Crippen molar-refractivity contribution in [2.24, 2.45) is 0 Å². The van der Waals surface area contributed by atoms with E-state index in [0.29, 0.717) is 0 Å². The zero-order chi connectivity index (χ0) is 10.8. The van der Waals surface area contributed by atoms with Crippen LogP contribution in [0, 0.1) is 5.82 Å². The monoisotopic (exact) mass is 216 g/mol. The molecule has 0 unspecified atom stereocenters. The third-order valence-electron chi connectivity index (χ3n) is 1.69. The van der Waals surface area contributed by atoms with Crippen molar-refractivity contribution in [1.29, 1.82) is 0 Å². The van der Waals surface area contributed by atoms with Gasteiger partial charge in [0.2, 0.25) is 0 Å². The van der Waals surface area contributed by atoms with Gasteiger partial charge in [0.1, 0.15) is 11.6 Å². The minimum absolute atomic E-state index is 0.102. The second kappa shape index (κ2) is 3.89. The molecule has 0 spiro atoms. The van der Waals surface area contributed by atoms with Crippen LogP contribution in [0.1, 0.15) is 11.1 Å². The topological polar surface area (TPSA) is 54.4 Å². The van der Waals surface area contributed by atoms with Crippen LogP contribution >= 0.6 is 0 Å². The molecule has 5 heteroatoms. The van der Waals surface area contributed by atoms with Gasteiger partial charge in [0, 0.05) is 5.56 Å². The summed E-state index contributed by atoms with van der Waals surface area (Å²) in [4.78, 5) is 0. The molecule has 0 radical (unpaired) electrons. The van der Waals surface area contributed by atoms with Gasteiger partial charge in [0.05, 0.1) is 0 Å². The first-order chi connectivity index (χ1) is 6.44. The molecule has 0 aliphatic heterocycles. The molecule has 0 saturated carbocycles. The molecule has 14 heavy (non-hydrogen) atoms. The molecular formula is C9H9FO3S. The molecule has 1 aromatic rings. The Morgan fingerprint density at radius 2 is 2.14 bits per heavy atom. The fourth-order valence-corrected chi connectivity index (χ4v) is 1.78. The molecule has 76 valence electrons. The van der Waals surface area contributed by atoms with E-state index in [9.17, 15) is 12.8 Å². The van der Waals surface area contributed by atoms with Crippen LogP contribution < -0.4 is 0 Å². The molecule has 0 aliphatic rings. The second-order valence-corrected chi connectivity index (χ2v) is 4.20. The molecule has 0 amide bonds. The molecule has 0 atom stereocenters. The van der Waals surface area contributed by atoms with Gasteiger partial charge in [0.15, 0.2) is 0 Å². The Morgan fingerprint density at radius 1 is 1.50 bits per heavy atom. The highest BCUT2D eigenvalue weighted by Crippen LogP contribution is 2.16. The summed E-state index contributed by atoms with van der Waals surface area (Å²) in [6.45, 7) is 3.37. The highest BCUT2D eigenvalue weighted by atomic mass is 32.2. The lowest BCUT2D eigenvalue weighted by Gasteiger charge is -2.04. The maximum absolute atomic E-state index is 13.1. The van der Waals surface area contributed by atoms with Crippen LogP contribution in [0.25, 0.3) is 6.08 Å². The molecule has 0 saturated heterocycles. The van der Waals surface area contributed by atoms with E-state index < -0.39 is 21.7 Å². The lowest BCUT2D eigenvalue weighted by atomic mass is 10.1. The highest BCUT2D eigenvalue weighted by molar-refractivity contribution is 7.85. The lowest BCUT2D eigenvalue weighted by molar-refractivity contribution is 0.482. The van der Waals surface area contributed by atoms with Gasteiger partial charge >= 0.3 is 0 Å². The van der Waals surface area contributed by atoms with E-state index >= 15 is 0 Å². The SMILES string of the molecule is C=Cc1c(F)cccc1CS(=O)(=O)O. The van der Waals surface area contributed by atoms with Crippen molar-refractivity contribution >= 4 is 16.2 Å². The standard InChI is InChI=1S/C9H9FO3S/c1-2-8-7(6-14(11,12)13)4-3-5-9(8)10/h2-5H,1,6H2,(H,11,12,13). The van der Waals surface area contributed by atoms with Crippen molar-refractivity contribution in [3.8, 4) is 0 Å². The average molecular weight is 216 g/mol. The van der Waals surface area contributed by atoms with E-state index in [0.717, 1.165) is 0 Å². The first kappa shape index (κ1) is 10.9. The van der Waals surface area contributed by atoms with Crippen molar-refractivity contribution in [1.82, 2.24) is 0 Å². The second-order valence-electron chi connectivity index (χ2n) is 2.74. The molecular weight excluding hydrogens is 207 g/mol. The number of benzene rings is 1. The fourth-order valence-electron chi connectivity index (χ4n) is 1.13. The zero-order valence-electron chi connectivity index (χ0n) is 7.27. The molecule has 0 aromatic heterocycles. The molecule has 0 fully saturated rings. The largest absolute Gasteiger partial charge is 0.285 e. The molecule has 0 aliphatic carbocycles. The minimum Gasteiger partial charge on any atom is -0.285 e.